The number of para-hydroxylation sites is 1. The molecule has 315 valence electrons. The van der Waals surface area contributed by atoms with Crippen molar-refractivity contribution < 1.29 is 42.3 Å². The van der Waals surface area contributed by atoms with Crippen LogP contribution in [-0.4, -0.2) is 9.97 Å². The molecule has 0 aliphatic heterocycles. The molecule has 0 saturated heterocycles. The summed E-state index contributed by atoms with van der Waals surface area (Å²) < 4.78 is 114. The van der Waals surface area contributed by atoms with Crippen LogP contribution in [0.3, 0.4) is 0 Å². The Balaban J connectivity index is 0.000000287. The maximum absolute atomic E-state index is 9.32. The second-order valence-corrected chi connectivity index (χ2v) is 17.4. The molecule has 3 heterocycles. The second-order valence-electron chi connectivity index (χ2n) is 17.4. The average Bonchev–Trinajstić information content (AvgIpc) is 3.73. The Bertz CT molecular complexity index is 3410. The SMILES string of the molecule is [2H]C([2H])([2H])c1c[c-]c(-c2ccc(C([2H])([2H])C(C)(C)C)cn2)cc1.[2H]c1cc(C2([2H])CCC(C)(C)CC2)cc(C([2H])([2H])[2H])c1-c1cc(-c2[c-]ccc3c2oc2c(-c4ccc(C#N)cc4)cccc23)ncc1C([2H])([2H])[2H].[Ir]. The van der Waals surface area contributed by atoms with E-state index in [4.69, 9.17) is 19.5 Å². The predicted molar refractivity (Wildman–Crippen MR) is 252 cm³/mol. The minimum atomic E-state index is -2.70. The molecular weight excluding hydrogens is 935 g/mol. The summed E-state index contributed by atoms with van der Waals surface area (Å²) in [6, 6.07) is 37.4. The normalized spacial score (nSPS) is 18.3. The minimum Gasteiger partial charge on any atom is -0.500 e. The van der Waals surface area contributed by atoms with Crippen LogP contribution in [0.1, 0.15) is 117 Å². The molecule has 1 saturated carbocycles. The predicted octanol–water partition coefficient (Wildman–Crippen LogP) is 15.4. The third-order valence-electron chi connectivity index (χ3n) is 11.1. The van der Waals surface area contributed by atoms with E-state index < -0.39 is 38.2 Å². The molecule has 5 aromatic carbocycles. The zero-order valence-corrected chi connectivity index (χ0v) is 37.8. The van der Waals surface area contributed by atoms with Crippen molar-refractivity contribution in [1.82, 2.24) is 9.97 Å². The van der Waals surface area contributed by atoms with E-state index in [1.54, 1.807) is 42.5 Å². The molecule has 8 aromatic rings. The number of rotatable bonds is 6. The van der Waals surface area contributed by atoms with Crippen LogP contribution in [0.2, 0.25) is 0 Å². The van der Waals surface area contributed by atoms with E-state index in [-0.39, 0.29) is 59.4 Å². The second kappa shape index (κ2) is 18.4. The summed E-state index contributed by atoms with van der Waals surface area (Å²) in [5.74, 6) is -1.05. The Labute approximate surface area is 400 Å². The molecule has 0 spiro atoms. The monoisotopic (exact) mass is 1000 g/mol. The molecule has 1 radical (unpaired) electrons. The first kappa shape index (κ1) is 30.4. The van der Waals surface area contributed by atoms with Gasteiger partial charge >= 0.3 is 0 Å². The van der Waals surface area contributed by atoms with Crippen molar-refractivity contribution >= 4 is 21.9 Å². The topological polar surface area (TPSA) is 62.7 Å². The van der Waals surface area contributed by atoms with Crippen molar-refractivity contribution in [2.24, 2.45) is 10.8 Å². The molecule has 0 N–H and O–H groups in total. The maximum Gasteiger partial charge on any atom is 0.128 e. The van der Waals surface area contributed by atoms with Crippen LogP contribution >= 0.6 is 0 Å². The van der Waals surface area contributed by atoms with Crippen LogP contribution in [-0.2, 0) is 26.5 Å². The summed E-state index contributed by atoms with van der Waals surface area (Å²) in [5.41, 5.74) is 5.81. The zero-order valence-electron chi connectivity index (χ0n) is 48.4. The largest absolute Gasteiger partial charge is 0.500 e. The number of nitrogens with zero attached hydrogens (tertiary/aromatic N) is 3. The van der Waals surface area contributed by atoms with E-state index in [1.165, 1.54) is 36.7 Å². The standard InChI is InChI=1S/C40H35N2O.C17H20N.Ir/c1-25-21-30(28-17-19-40(3,4)20-18-28)15-16-31(25)36-22-37(42-24-26(36)2)35-10-6-9-34-33-8-5-7-32(38(33)43-39(34)35)29-13-11-27(23-41)12-14-29;1-13-5-8-15(9-6-13)16-10-7-14(12-18-16)11-17(2,3)4;/h5-9,11-16,21-22,24,28H,17-20H2,1-4H3;5-8,10,12H,11H2,1-4H3;/q2*-1;/i1D3,2D3,16D,28D;1D3,11D2;. The van der Waals surface area contributed by atoms with Crippen molar-refractivity contribution in [2.45, 2.75) is 93.1 Å². The fourth-order valence-corrected chi connectivity index (χ4v) is 7.79. The number of furan rings is 1. The first-order chi connectivity index (χ1) is 34.4. The van der Waals surface area contributed by atoms with Crippen LogP contribution < -0.4 is 0 Å². The van der Waals surface area contributed by atoms with Crippen molar-refractivity contribution in [2.75, 3.05) is 0 Å². The molecule has 4 nitrogen and oxygen atoms in total. The quantitative estimate of drug-likeness (QED) is 0.156. The average molecular weight is 1000 g/mol. The summed E-state index contributed by atoms with van der Waals surface area (Å²) >= 11 is 0. The number of hydrogen-bond acceptors (Lipinski definition) is 4. The molecule has 62 heavy (non-hydrogen) atoms. The fraction of sp³-hybridized carbons (Fsp3) is 0.281. The summed E-state index contributed by atoms with van der Waals surface area (Å²) in [5, 5.41) is 10.9. The molecule has 9 rings (SSSR count). The summed E-state index contributed by atoms with van der Waals surface area (Å²) in [7, 11) is 0. The number of nitriles is 1. The molecule has 0 bridgehead atoms. The molecule has 3 aromatic heterocycles. The molecule has 0 atom stereocenters. The number of fused-ring (bicyclic) bond motifs is 3. The summed E-state index contributed by atoms with van der Waals surface area (Å²) in [6.07, 6.45) is 3.92. The van der Waals surface area contributed by atoms with E-state index in [0.717, 1.165) is 34.7 Å². The van der Waals surface area contributed by atoms with Gasteiger partial charge in [0.05, 0.1) is 18.6 Å². The summed E-state index contributed by atoms with van der Waals surface area (Å²) in [6.45, 7) is 2.35. The number of aromatic nitrogens is 2. The third-order valence-corrected chi connectivity index (χ3v) is 11.1. The number of pyridine rings is 2. The van der Waals surface area contributed by atoms with Crippen LogP contribution in [0.5, 0.6) is 0 Å². The fourth-order valence-electron chi connectivity index (χ4n) is 7.79. The van der Waals surface area contributed by atoms with Gasteiger partial charge in [-0.15, -0.1) is 53.6 Å². The van der Waals surface area contributed by atoms with Gasteiger partial charge in [0.2, 0.25) is 0 Å². The van der Waals surface area contributed by atoms with E-state index in [9.17, 15) is 8.00 Å². The molecule has 1 fully saturated rings. The van der Waals surface area contributed by atoms with Crippen LogP contribution in [0.15, 0.2) is 126 Å². The van der Waals surface area contributed by atoms with Gasteiger partial charge in [-0.3, -0.25) is 0 Å². The van der Waals surface area contributed by atoms with E-state index in [1.807, 2.05) is 57.2 Å². The Morgan fingerprint density at radius 2 is 1.61 bits per heavy atom. The molecule has 1 aliphatic carbocycles. The van der Waals surface area contributed by atoms with Gasteiger partial charge in [0.25, 0.3) is 0 Å². The van der Waals surface area contributed by atoms with Gasteiger partial charge in [0.15, 0.2) is 0 Å². The van der Waals surface area contributed by atoms with E-state index in [0.29, 0.717) is 63.2 Å². The summed E-state index contributed by atoms with van der Waals surface area (Å²) in [4.78, 5) is 8.85. The van der Waals surface area contributed by atoms with Crippen molar-refractivity contribution in [3.8, 4) is 50.8 Å². The van der Waals surface area contributed by atoms with Gasteiger partial charge in [0, 0.05) is 59.9 Å². The first-order valence-electron chi connectivity index (χ1n) is 26.9. The van der Waals surface area contributed by atoms with E-state index >= 15 is 0 Å². The van der Waals surface area contributed by atoms with E-state index in [2.05, 4.69) is 42.0 Å². The minimum absolute atomic E-state index is 0. The van der Waals surface area contributed by atoms with Gasteiger partial charge in [-0.05, 0) is 125 Å². The number of aryl methyl sites for hydroxylation is 3. The van der Waals surface area contributed by atoms with Gasteiger partial charge < -0.3 is 14.4 Å². The molecule has 0 amide bonds. The maximum atomic E-state index is 9.32. The zero-order chi connectivity index (χ0) is 54.0. The van der Waals surface area contributed by atoms with Crippen LogP contribution in [0.4, 0.5) is 0 Å². The third kappa shape index (κ3) is 9.84. The smallest absolute Gasteiger partial charge is 0.128 e. The Morgan fingerprint density at radius 1 is 0.839 bits per heavy atom. The van der Waals surface area contributed by atoms with Gasteiger partial charge in [-0.1, -0.05) is 119 Å². The molecule has 1 aliphatic rings. The first-order valence-corrected chi connectivity index (χ1v) is 20.4. The van der Waals surface area contributed by atoms with Crippen molar-refractivity contribution in [1.29, 1.82) is 5.26 Å². The van der Waals surface area contributed by atoms with Crippen LogP contribution in [0.25, 0.3) is 66.7 Å². The molecule has 5 heteroatoms. The number of hydrogen-bond donors (Lipinski definition) is 0. The van der Waals surface area contributed by atoms with Gasteiger partial charge in [-0.2, -0.15) is 5.26 Å². The van der Waals surface area contributed by atoms with Crippen LogP contribution in [0, 0.1) is 54.8 Å². The molecule has 0 unspecified atom stereocenters. The van der Waals surface area contributed by atoms with Crippen molar-refractivity contribution in [3.63, 3.8) is 0 Å². The van der Waals surface area contributed by atoms with Crippen molar-refractivity contribution in [3.05, 3.63) is 167 Å². The molecular formula is C57H55IrN3O-2. The Morgan fingerprint density at radius 3 is 2.29 bits per heavy atom. The Kier molecular flexibility index (Phi) is 9.00. The Hall–Kier alpha value is -5.66. The van der Waals surface area contributed by atoms with Gasteiger partial charge in [-0.25, -0.2) is 0 Å². The number of benzene rings is 5. The van der Waals surface area contributed by atoms with Gasteiger partial charge in [0.1, 0.15) is 5.58 Å².